The molecule has 17 heavy (non-hydrogen) atoms. The minimum absolute atomic E-state index is 0.135. The topological polar surface area (TPSA) is 95.5 Å². The summed E-state index contributed by atoms with van der Waals surface area (Å²) in [6.45, 7) is 2.53. The first-order valence-corrected chi connectivity index (χ1v) is 5.27. The summed E-state index contributed by atoms with van der Waals surface area (Å²) in [6.07, 6.45) is 1.86. The standard InChI is InChI=1S/C11H14N2O4/c1-2-3-6-17-8-4-5-10(13(15)16)9(7-8)11(12)14/h4-5,7H,2-3,6H2,1H3,(H2,12,14). The monoisotopic (exact) mass is 238 g/mol. The van der Waals surface area contributed by atoms with Crippen LogP contribution >= 0.6 is 0 Å². The number of amides is 1. The number of nitrogens with zero attached hydrogens (tertiary/aromatic N) is 1. The number of nitrogens with two attached hydrogens (primary N) is 1. The Morgan fingerprint density at radius 1 is 1.53 bits per heavy atom. The summed E-state index contributed by atoms with van der Waals surface area (Å²) in [7, 11) is 0. The second-order valence-electron chi connectivity index (χ2n) is 3.50. The van der Waals surface area contributed by atoms with E-state index in [2.05, 4.69) is 0 Å². The molecule has 2 N–H and O–H groups in total. The molecule has 0 aliphatic rings. The average Bonchev–Trinajstić information content (AvgIpc) is 2.29. The maximum atomic E-state index is 11.1. The maximum Gasteiger partial charge on any atom is 0.282 e. The van der Waals surface area contributed by atoms with E-state index in [0.717, 1.165) is 12.8 Å². The van der Waals surface area contributed by atoms with E-state index in [1.807, 2.05) is 6.92 Å². The number of carbonyl (C=O) groups excluding carboxylic acids is 1. The normalized spacial score (nSPS) is 9.94. The molecule has 1 amide bonds. The molecule has 0 saturated heterocycles. The zero-order valence-electron chi connectivity index (χ0n) is 9.51. The van der Waals surface area contributed by atoms with Crippen LogP contribution in [0.5, 0.6) is 5.75 Å². The molecule has 0 radical (unpaired) electrons. The average molecular weight is 238 g/mol. The van der Waals surface area contributed by atoms with Crippen LogP contribution in [0.25, 0.3) is 0 Å². The summed E-state index contributed by atoms with van der Waals surface area (Å²) >= 11 is 0. The zero-order chi connectivity index (χ0) is 12.8. The van der Waals surface area contributed by atoms with Gasteiger partial charge < -0.3 is 10.5 Å². The highest BCUT2D eigenvalue weighted by Gasteiger charge is 2.18. The number of hydrogen-bond donors (Lipinski definition) is 1. The number of primary amides is 1. The van der Waals surface area contributed by atoms with Gasteiger partial charge in [0.1, 0.15) is 11.3 Å². The largest absolute Gasteiger partial charge is 0.494 e. The van der Waals surface area contributed by atoms with E-state index >= 15 is 0 Å². The van der Waals surface area contributed by atoms with Crippen molar-refractivity contribution < 1.29 is 14.5 Å². The third-order valence-electron chi connectivity index (χ3n) is 2.20. The third-order valence-corrected chi connectivity index (χ3v) is 2.20. The van der Waals surface area contributed by atoms with E-state index in [1.54, 1.807) is 0 Å². The first-order chi connectivity index (χ1) is 8.06. The maximum absolute atomic E-state index is 11.1. The quantitative estimate of drug-likeness (QED) is 0.465. The summed E-state index contributed by atoms with van der Waals surface area (Å²) in [6, 6.07) is 3.98. The number of hydrogen-bond acceptors (Lipinski definition) is 4. The molecule has 1 rings (SSSR count). The minimum atomic E-state index is -0.836. The fourth-order valence-corrected chi connectivity index (χ4v) is 1.30. The summed E-state index contributed by atoms with van der Waals surface area (Å²) in [5.74, 6) is -0.421. The second kappa shape index (κ2) is 5.83. The lowest BCUT2D eigenvalue weighted by Crippen LogP contribution is -2.13. The molecule has 1 aromatic rings. The van der Waals surface area contributed by atoms with Crippen molar-refractivity contribution in [3.05, 3.63) is 33.9 Å². The number of nitro groups is 1. The fraction of sp³-hybridized carbons (Fsp3) is 0.364. The van der Waals surface area contributed by atoms with Gasteiger partial charge in [-0.2, -0.15) is 0 Å². The molecule has 0 spiro atoms. The molecule has 0 aromatic heterocycles. The van der Waals surface area contributed by atoms with Gasteiger partial charge in [-0.3, -0.25) is 14.9 Å². The molecule has 0 atom stereocenters. The molecular formula is C11H14N2O4. The van der Waals surface area contributed by atoms with Gasteiger partial charge in [0.2, 0.25) is 0 Å². The summed E-state index contributed by atoms with van der Waals surface area (Å²) in [4.78, 5) is 21.1. The van der Waals surface area contributed by atoms with Crippen LogP contribution in [0.1, 0.15) is 30.1 Å². The van der Waals surface area contributed by atoms with Crippen LogP contribution in [0.4, 0.5) is 5.69 Å². The van der Waals surface area contributed by atoms with Gasteiger partial charge in [0.25, 0.3) is 11.6 Å². The van der Waals surface area contributed by atoms with Crippen LogP contribution in [0.15, 0.2) is 18.2 Å². The first kappa shape index (κ1) is 13.0. The van der Waals surface area contributed by atoms with E-state index in [-0.39, 0.29) is 11.3 Å². The highest BCUT2D eigenvalue weighted by atomic mass is 16.6. The Morgan fingerprint density at radius 3 is 2.76 bits per heavy atom. The molecule has 92 valence electrons. The van der Waals surface area contributed by atoms with E-state index in [4.69, 9.17) is 10.5 Å². The van der Waals surface area contributed by atoms with Crippen molar-refractivity contribution in [2.45, 2.75) is 19.8 Å². The lowest BCUT2D eigenvalue weighted by Gasteiger charge is -2.06. The third kappa shape index (κ3) is 3.44. The number of nitro benzene ring substituents is 1. The second-order valence-corrected chi connectivity index (χ2v) is 3.50. The zero-order valence-corrected chi connectivity index (χ0v) is 9.51. The molecule has 0 aliphatic heterocycles. The number of benzene rings is 1. The van der Waals surface area contributed by atoms with E-state index in [1.165, 1.54) is 18.2 Å². The Balaban J connectivity index is 2.94. The molecule has 0 saturated carbocycles. The molecular weight excluding hydrogens is 224 g/mol. The van der Waals surface area contributed by atoms with Crippen LogP contribution in [0.2, 0.25) is 0 Å². The first-order valence-electron chi connectivity index (χ1n) is 5.27. The van der Waals surface area contributed by atoms with Crippen molar-refractivity contribution in [1.29, 1.82) is 0 Å². The van der Waals surface area contributed by atoms with Crippen molar-refractivity contribution in [2.24, 2.45) is 5.73 Å². The van der Waals surface area contributed by atoms with Gasteiger partial charge in [-0.1, -0.05) is 13.3 Å². The molecule has 6 heteroatoms. The molecule has 0 unspecified atom stereocenters. The van der Waals surface area contributed by atoms with Crippen LogP contribution in [0.3, 0.4) is 0 Å². The fourth-order valence-electron chi connectivity index (χ4n) is 1.30. The molecule has 0 fully saturated rings. The smallest absolute Gasteiger partial charge is 0.282 e. The van der Waals surface area contributed by atoms with Crippen LogP contribution in [0, 0.1) is 10.1 Å². The predicted molar refractivity (Wildman–Crippen MR) is 62.0 cm³/mol. The van der Waals surface area contributed by atoms with Gasteiger partial charge in [-0.25, -0.2) is 0 Å². The van der Waals surface area contributed by atoms with Crippen LogP contribution in [-0.2, 0) is 0 Å². The number of rotatable bonds is 6. The molecule has 0 aliphatic carbocycles. The summed E-state index contributed by atoms with van der Waals surface area (Å²) in [5, 5.41) is 10.7. The molecule has 6 nitrogen and oxygen atoms in total. The van der Waals surface area contributed by atoms with Crippen molar-refractivity contribution >= 4 is 11.6 Å². The number of ether oxygens (including phenoxy) is 1. The van der Waals surface area contributed by atoms with E-state index in [9.17, 15) is 14.9 Å². The Bertz CT molecular complexity index is 431. The Hall–Kier alpha value is -2.11. The van der Waals surface area contributed by atoms with Crippen LogP contribution < -0.4 is 10.5 Å². The molecule has 0 bridgehead atoms. The highest BCUT2D eigenvalue weighted by Crippen LogP contribution is 2.23. The lowest BCUT2D eigenvalue weighted by atomic mass is 10.1. The highest BCUT2D eigenvalue weighted by molar-refractivity contribution is 5.97. The summed E-state index contributed by atoms with van der Waals surface area (Å²) < 4.78 is 5.34. The number of unbranched alkanes of at least 4 members (excludes halogenated alkanes) is 1. The van der Waals surface area contributed by atoms with Gasteiger partial charge in [0, 0.05) is 6.07 Å². The predicted octanol–water partition coefficient (Wildman–Crippen LogP) is 1.87. The summed E-state index contributed by atoms with van der Waals surface area (Å²) in [5.41, 5.74) is 4.64. The molecule has 0 heterocycles. The molecule has 1 aromatic carbocycles. The lowest BCUT2D eigenvalue weighted by molar-refractivity contribution is -0.385. The van der Waals surface area contributed by atoms with Crippen molar-refractivity contribution in [2.75, 3.05) is 6.61 Å². The number of carbonyl (C=O) groups is 1. The Labute approximate surface area is 98.5 Å². The Kier molecular flexibility index (Phi) is 4.45. The van der Waals surface area contributed by atoms with Gasteiger partial charge in [0.15, 0.2) is 0 Å². The van der Waals surface area contributed by atoms with Gasteiger partial charge in [0.05, 0.1) is 11.5 Å². The van der Waals surface area contributed by atoms with Gasteiger partial charge in [-0.15, -0.1) is 0 Å². The van der Waals surface area contributed by atoms with Crippen LogP contribution in [-0.4, -0.2) is 17.4 Å². The van der Waals surface area contributed by atoms with E-state index < -0.39 is 10.8 Å². The van der Waals surface area contributed by atoms with E-state index in [0.29, 0.717) is 12.4 Å². The van der Waals surface area contributed by atoms with Crippen molar-refractivity contribution in [3.8, 4) is 5.75 Å². The van der Waals surface area contributed by atoms with Gasteiger partial charge >= 0.3 is 0 Å². The minimum Gasteiger partial charge on any atom is -0.494 e. The Morgan fingerprint density at radius 2 is 2.24 bits per heavy atom. The van der Waals surface area contributed by atoms with Crippen molar-refractivity contribution in [3.63, 3.8) is 0 Å². The van der Waals surface area contributed by atoms with Crippen molar-refractivity contribution in [1.82, 2.24) is 0 Å². The SMILES string of the molecule is CCCCOc1ccc([N+](=O)[O-])c(C(N)=O)c1. The van der Waals surface area contributed by atoms with Gasteiger partial charge in [-0.05, 0) is 18.6 Å².